The number of benzene rings is 1. The fraction of sp³-hybridized carbons (Fsp3) is 0.571. The standard InChI is InChI=1S/C14H18O4/c1-11-2-4-13(5-3-11)15-7-6-14-16-8-12(9-17-14)10-18-14/h2-5,12H,6-10H2,1H3. The topological polar surface area (TPSA) is 36.9 Å². The van der Waals surface area contributed by atoms with Gasteiger partial charge in [-0.2, -0.15) is 0 Å². The Labute approximate surface area is 107 Å². The van der Waals surface area contributed by atoms with Gasteiger partial charge in [0.1, 0.15) is 5.75 Å². The van der Waals surface area contributed by atoms with Crippen molar-refractivity contribution < 1.29 is 18.9 Å². The summed E-state index contributed by atoms with van der Waals surface area (Å²) in [6, 6.07) is 7.99. The zero-order valence-corrected chi connectivity index (χ0v) is 10.6. The van der Waals surface area contributed by atoms with Gasteiger partial charge in [0.2, 0.25) is 0 Å². The molecule has 3 aliphatic rings. The van der Waals surface area contributed by atoms with Crippen molar-refractivity contribution in [2.24, 2.45) is 5.92 Å². The van der Waals surface area contributed by atoms with Gasteiger partial charge in [-0.05, 0) is 19.1 Å². The van der Waals surface area contributed by atoms with Crippen LogP contribution in [-0.2, 0) is 14.2 Å². The predicted octanol–water partition coefficient (Wildman–Crippen LogP) is 2.11. The van der Waals surface area contributed by atoms with Gasteiger partial charge < -0.3 is 18.9 Å². The first-order valence-corrected chi connectivity index (χ1v) is 6.37. The number of hydrogen-bond donors (Lipinski definition) is 0. The van der Waals surface area contributed by atoms with Gasteiger partial charge in [0.05, 0.1) is 32.8 Å². The molecular weight excluding hydrogens is 232 g/mol. The van der Waals surface area contributed by atoms with Crippen molar-refractivity contribution in [3.05, 3.63) is 29.8 Å². The van der Waals surface area contributed by atoms with E-state index >= 15 is 0 Å². The second-order valence-corrected chi connectivity index (χ2v) is 4.89. The Balaban J connectivity index is 1.50. The third-order valence-electron chi connectivity index (χ3n) is 3.31. The lowest BCUT2D eigenvalue weighted by molar-refractivity contribution is -0.450. The molecule has 0 saturated carbocycles. The third-order valence-corrected chi connectivity index (χ3v) is 3.31. The number of fused-ring (bicyclic) bond motifs is 3. The Morgan fingerprint density at radius 3 is 2.33 bits per heavy atom. The largest absolute Gasteiger partial charge is 0.493 e. The van der Waals surface area contributed by atoms with E-state index in [-0.39, 0.29) is 0 Å². The smallest absolute Gasteiger partial charge is 0.286 e. The minimum absolute atomic E-state index is 0.393. The average Bonchev–Trinajstić information content (AvgIpc) is 2.43. The Morgan fingerprint density at radius 2 is 1.72 bits per heavy atom. The SMILES string of the molecule is Cc1ccc(OCCC23OCC(CO2)CO3)cc1. The zero-order valence-electron chi connectivity index (χ0n) is 10.6. The first-order chi connectivity index (χ1) is 8.76. The molecule has 0 radical (unpaired) electrons. The highest BCUT2D eigenvalue weighted by atomic mass is 16.9. The summed E-state index contributed by atoms with van der Waals surface area (Å²) in [5.74, 6) is 0.394. The molecular formula is C14H18O4. The summed E-state index contributed by atoms with van der Waals surface area (Å²) >= 11 is 0. The van der Waals surface area contributed by atoms with Gasteiger partial charge >= 0.3 is 0 Å². The Hall–Kier alpha value is -1.10. The second-order valence-electron chi connectivity index (χ2n) is 4.89. The highest BCUT2D eigenvalue weighted by molar-refractivity contribution is 5.26. The Kier molecular flexibility index (Phi) is 3.24. The van der Waals surface area contributed by atoms with Crippen molar-refractivity contribution >= 4 is 0 Å². The number of aryl methyl sites for hydroxylation is 1. The minimum Gasteiger partial charge on any atom is -0.493 e. The van der Waals surface area contributed by atoms with Gasteiger partial charge in [0.15, 0.2) is 0 Å². The first-order valence-electron chi connectivity index (χ1n) is 6.37. The average molecular weight is 250 g/mol. The van der Waals surface area contributed by atoms with Crippen molar-refractivity contribution in [3.8, 4) is 5.75 Å². The number of ether oxygens (including phenoxy) is 4. The molecule has 0 unspecified atom stereocenters. The van der Waals surface area contributed by atoms with Gasteiger partial charge in [0.25, 0.3) is 5.97 Å². The molecule has 18 heavy (non-hydrogen) atoms. The van der Waals surface area contributed by atoms with Crippen LogP contribution in [0.3, 0.4) is 0 Å². The third kappa shape index (κ3) is 2.51. The summed E-state index contributed by atoms with van der Waals surface area (Å²) in [5, 5.41) is 0. The molecule has 0 spiro atoms. The van der Waals surface area contributed by atoms with Crippen LogP contribution >= 0.6 is 0 Å². The highest BCUT2D eigenvalue weighted by Crippen LogP contribution is 2.32. The van der Waals surface area contributed by atoms with Crippen molar-refractivity contribution in [1.29, 1.82) is 0 Å². The lowest BCUT2D eigenvalue weighted by Gasteiger charge is -2.45. The van der Waals surface area contributed by atoms with E-state index in [4.69, 9.17) is 18.9 Å². The van der Waals surface area contributed by atoms with Gasteiger partial charge in [-0.15, -0.1) is 0 Å². The van der Waals surface area contributed by atoms with Gasteiger partial charge in [0, 0.05) is 5.92 Å². The van der Waals surface area contributed by atoms with Crippen molar-refractivity contribution in [1.82, 2.24) is 0 Å². The molecule has 2 bridgehead atoms. The molecule has 0 aromatic heterocycles. The molecule has 0 aliphatic carbocycles. The van der Waals surface area contributed by atoms with Crippen molar-refractivity contribution in [2.45, 2.75) is 19.3 Å². The quantitative estimate of drug-likeness (QED) is 0.820. The molecule has 98 valence electrons. The Bertz CT molecular complexity index is 379. The molecule has 0 amide bonds. The Morgan fingerprint density at radius 1 is 1.11 bits per heavy atom. The van der Waals surface area contributed by atoms with Crippen LogP contribution in [0.1, 0.15) is 12.0 Å². The van der Waals surface area contributed by atoms with E-state index in [2.05, 4.69) is 6.92 Å². The van der Waals surface area contributed by atoms with Gasteiger partial charge in [-0.1, -0.05) is 17.7 Å². The summed E-state index contributed by atoms with van der Waals surface area (Å²) in [6.45, 7) is 4.76. The van der Waals surface area contributed by atoms with E-state index in [0.717, 1.165) is 25.6 Å². The lowest BCUT2D eigenvalue weighted by Crippen LogP contribution is -2.54. The maximum absolute atomic E-state index is 5.67. The highest BCUT2D eigenvalue weighted by Gasteiger charge is 2.44. The van der Waals surface area contributed by atoms with Crippen LogP contribution in [-0.4, -0.2) is 32.4 Å². The molecule has 0 atom stereocenters. The number of rotatable bonds is 4. The van der Waals surface area contributed by atoms with E-state index in [1.54, 1.807) is 0 Å². The van der Waals surface area contributed by atoms with Crippen LogP contribution in [0.2, 0.25) is 0 Å². The predicted molar refractivity (Wildman–Crippen MR) is 65.4 cm³/mol. The molecule has 3 aliphatic heterocycles. The summed E-state index contributed by atoms with van der Waals surface area (Å²) in [4.78, 5) is 0. The maximum Gasteiger partial charge on any atom is 0.286 e. The van der Waals surface area contributed by atoms with Gasteiger partial charge in [-0.25, -0.2) is 0 Å². The summed E-state index contributed by atoms with van der Waals surface area (Å²) in [6.07, 6.45) is 0.591. The van der Waals surface area contributed by atoms with Crippen molar-refractivity contribution in [2.75, 3.05) is 26.4 Å². The van der Waals surface area contributed by atoms with Gasteiger partial charge in [-0.3, -0.25) is 0 Å². The number of hydrogen-bond acceptors (Lipinski definition) is 4. The maximum atomic E-state index is 5.67. The summed E-state index contributed by atoms with van der Waals surface area (Å²) < 4.78 is 22.5. The first kappa shape index (κ1) is 12.0. The van der Waals surface area contributed by atoms with Crippen LogP contribution in [0.5, 0.6) is 5.75 Å². The van der Waals surface area contributed by atoms with Crippen LogP contribution in [0.15, 0.2) is 24.3 Å². The zero-order chi connectivity index (χ0) is 12.4. The second kappa shape index (κ2) is 4.88. The minimum atomic E-state index is -0.862. The molecule has 4 nitrogen and oxygen atoms in total. The fourth-order valence-corrected chi connectivity index (χ4v) is 2.15. The molecule has 1 aromatic rings. The summed E-state index contributed by atoms with van der Waals surface area (Å²) in [5.41, 5.74) is 1.22. The van der Waals surface area contributed by atoms with E-state index in [1.165, 1.54) is 5.56 Å². The molecule has 4 rings (SSSR count). The fourth-order valence-electron chi connectivity index (χ4n) is 2.15. The van der Waals surface area contributed by atoms with E-state index in [0.29, 0.717) is 18.9 Å². The van der Waals surface area contributed by atoms with E-state index in [9.17, 15) is 0 Å². The molecule has 0 N–H and O–H groups in total. The molecule has 4 heteroatoms. The molecule has 1 aromatic carbocycles. The van der Waals surface area contributed by atoms with Crippen LogP contribution in [0, 0.1) is 12.8 Å². The molecule has 3 saturated heterocycles. The monoisotopic (exact) mass is 250 g/mol. The van der Waals surface area contributed by atoms with Crippen LogP contribution in [0.25, 0.3) is 0 Å². The van der Waals surface area contributed by atoms with E-state index < -0.39 is 5.97 Å². The molecule has 3 fully saturated rings. The normalized spacial score (nSPS) is 30.4. The van der Waals surface area contributed by atoms with E-state index in [1.807, 2.05) is 24.3 Å². The van der Waals surface area contributed by atoms with Crippen LogP contribution < -0.4 is 4.74 Å². The van der Waals surface area contributed by atoms with Crippen molar-refractivity contribution in [3.63, 3.8) is 0 Å². The summed E-state index contributed by atoms with van der Waals surface area (Å²) in [7, 11) is 0. The molecule has 3 heterocycles. The lowest BCUT2D eigenvalue weighted by atomic mass is 10.1. The van der Waals surface area contributed by atoms with Crippen LogP contribution in [0.4, 0.5) is 0 Å².